The summed E-state index contributed by atoms with van der Waals surface area (Å²) in [6.07, 6.45) is 2.37. The number of nitrogens with zero attached hydrogens (tertiary/aromatic N) is 1. The van der Waals surface area contributed by atoms with Gasteiger partial charge in [0.15, 0.2) is 0 Å². The van der Waals surface area contributed by atoms with Crippen LogP contribution in [0.15, 0.2) is 65.8 Å². The molecule has 0 saturated carbocycles. The summed E-state index contributed by atoms with van der Waals surface area (Å²) in [6.45, 7) is 6.08. The van der Waals surface area contributed by atoms with Crippen molar-refractivity contribution in [2.75, 3.05) is 5.32 Å². The molecule has 0 saturated heterocycles. The van der Waals surface area contributed by atoms with Crippen LogP contribution in [0.25, 0.3) is 10.8 Å². The Labute approximate surface area is 160 Å². The van der Waals surface area contributed by atoms with Crippen molar-refractivity contribution in [1.29, 1.82) is 0 Å². The Morgan fingerprint density at radius 2 is 1.85 bits per heavy atom. The second-order valence-electron chi connectivity index (χ2n) is 6.73. The zero-order valence-electron chi connectivity index (χ0n) is 16.0. The lowest BCUT2D eigenvalue weighted by Crippen LogP contribution is -2.37. The van der Waals surface area contributed by atoms with Crippen molar-refractivity contribution in [1.82, 2.24) is 5.43 Å². The van der Waals surface area contributed by atoms with E-state index in [-0.39, 0.29) is 11.9 Å². The van der Waals surface area contributed by atoms with E-state index >= 15 is 0 Å². The minimum Gasteiger partial charge on any atom is -0.373 e. The molecular weight excluding hydrogens is 334 g/mol. The fourth-order valence-electron chi connectivity index (χ4n) is 3.12. The largest absolute Gasteiger partial charge is 0.373 e. The van der Waals surface area contributed by atoms with Crippen LogP contribution in [0.3, 0.4) is 0 Å². The molecule has 0 aliphatic heterocycles. The molecule has 0 fully saturated rings. The lowest BCUT2D eigenvalue weighted by Gasteiger charge is -2.18. The summed E-state index contributed by atoms with van der Waals surface area (Å²) in [7, 11) is 0. The first kappa shape index (κ1) is 18.6. The fraction of sp³-hybridized carbons (Fsp3) is 0.217. The average molecular weight is 359 g/mol. The molecule has 1 atom stereocenters. The van der Waals surface area contributed by atoms with E-state index < -0.39 is 0 Å². The molecule has 4 nitrogen and oxygen atoms in total. The van der Waals surface area contributed by atoms with E-state index in [1.807, 2.05) is 50.2 Å². The predicted molar refractivity (Wildman–Crippen MR) is 113 cm³/mol. The number of aryl methyl sites for hydroxylation is 2. The van der Waals surface area contributed by atoms with Crippen molar-refractivity contribution in [3.8, 4) is 0 Å². The van der Waals surface area contributed by atoms with E-state index in [1.54, 1.807) is 6.21 Å². The number of nitrogens with one attached hydrogen (secondary N) is 2. The molecule has 0 spiro atoms. The van der Waals surface area contributed by atoms with Crippen LogP contribution >= 0.6 is 0 Å². The average Bonchev–Trinajstić information content (AvgIpc) is 2.67. The van der Waals surface area contributed by atoms with E-state index in [1.165, 1.54) is 5.56 Å². The normalized spacial score (nSPS) is 12.3. The minimum atomic E-state index is -0.337. The molecule has 0 bridgehead atoms. The molecule has 0 aromatic heterocycles. The molecule has 2 N–H and O–H groups in total. The van der Waals surface area contributed by atoms with Gasteiger partial charge in [-0.1, -0.05) is 67.1 Å². The van der Waals surface area contributed by atoms with Gasteiger partial charge in [-0.2, -0.15) is 5.10 Å². The van der Waals surface area contributed by atoms with Gasteiger partial charge in [0, 0.05) is 11.3 Å². The van der Waals surface area contributed by atoms with Crippen molar-refractivity contribution < 1.29 is 4.79 Å². The number of fused-ring (bicyclic) bond motifs is 1. The standard InChI is InChI=1S/C23H25N3O/c1-4-21(25-22-13-12-16(2)14-17(22)3)23(27)26-24-15-19-10-7-9-18-8-5-6-11-20(18)19/h5-15,21,25H,4H2,1-3H3,(H,26,27)/b24-15-/t21-/m0/s1. The molecule has 3 rings (SSSR count). The van der Waals surface area contributed by atoms with Crippen molar-refractivity contribution in [2.24, 2.45) is 5.10 Å². The van der Waals surface area contributed by atoms with Gasteiger partial charge in [-0.05, 0) is 42.7 Å². The Morgan fingerprint density at radius 3 is 2.63 bits per heavy atom. The molecule has 0 radical (unpaired) electrons. The van der Waals surface area contributed by atoms with Gasteiger partial charge in [0.1, 0.15) is 6.04 Å². The molecule has 0 unspecified atom stereocenters. The summed E-state index contributed by atoms with van der Waals surface area (Å²) in [5.74, 6) is -0.144. The van der Waals surface area contributed by atoms with Gasteiger partial charge in [0.2, 0.25) is 0 Å². The molecular formula is C23H25N3O. The molecule has 1 amide bonds. The maximum atomic E-state index is 12.5. The Balaban J connectivity index is 1.68. The number of carbonyl (C=O) groups excluding carboxylic acids is 1. The Kier molecular flexibility index (Phi) is 5.87. The van der Waals surface area contributed by atoms with E-state index in [0.29, 0.717) is 6.42 Å². The van der Waals surface area contributed by atoms with Gasteiger partial charge < -0.3 is 5.32 Å². The Bertz CT molecular complexity index is 973. The summed E-state index contributed by atoms with van der Waals surface area (Å²) < 4.78 is 0. The number of hydrogen-bond acceptors (Lipinski definition) is 3. The summed E-state index contributed by atoms with van der Waals surface area (Å²) in [4.78, 5) is 12.5. The summed E-state index contributed by atoms with van der Waals surface area (Å²) >= 11 is 0. The second-order valence-corrected chi connectivity index (χ2v) is 6.73. The highest BCUT2D eigenvalue weighted by atomic mass is 16.2. The number of hydrazone groups is 1. The smallest absolute Gasteiger partial charge is 0.262 e. The molecule has 0 heterocycles. The quantitative estimate of drug-likeness (QED) is 0.491. The highest BCUT2D eigenvalue weighted by Gasteiger charge is 2.16. The van der Waals surface area contributed by atoms with E-state index in [0.717, 1.165) is 27.6 Å². The maximum Gasteiger partial charge on any atom is 0.262 e. The first-order valence-corrected chi connectivity index (χ1v) is 9.23. The van der Waals surface area contributed by atoms with Crippen LogP contribution in [0, 0.1) is 13.8 Å². The third-order valence-corrected chi connectivity index (χ3v) is 4.64. The summed E-state index contributed by atoms with van der Waals surface area (Å²) in [5, 5.41) is 9.75. The number of benzene rings is 3. The van der Waals surface area contributed by atoms with Gasteiger partial charge in [-0.15, -0.1) is 0 Å². The summed E-state index contributed by atoms with van der Waals surface area (Å²) in [6, 6.07) is 20.0. The van der Waals surface area contributed by atoms with Crippen molar-refractivity contribution >= 4 is 28.6 Å². The van der Waals surface area contributed by atoms with E-state index in [9.17, 15) is 4.79 Å². The Morgan fingerprint density at radius 1 is 1.07 bits per heavy atom. The highest BCUT2D eigenvalue weighted by molar-refractivity contribution is 6.00. The van der Waals surface area contributed by atoms with Gasteiger partial charge in [-0.25, -0.2) is 5.43 Å². The SMILES string of the molecule is CC[C@H](Nc1ccc(C)cc1C)C(=O)N/N=C\c1cccc2ccccc12. The van der Waals surface area contributed by atoms with E-state index in [4.69, 9.17) is 0 Å². The number of carbonyl (C=O) groups is 1. The molecule has 3 aromatic carbocycles. The van der Waals surface area contributed by atoms with Gasteiger partial charge in [-0.3, -0.25) is 4.79 Å². The molecule has 4 heteroatoms. The van der Waals surface area contributed by atoms with Crippen LogP contribution in [0.4, 0.5) is 5.69 Å². The van der Waals surface area contributed by atoms with Crippen LogP contribution in [0.1, 0.15) is 30.0 Å². The van der Waals surface area contributed by atoms with Crippen LogP contribution in [0.5, 0.6) is 0 Å². The van der Waals surface area contributed by atoms with Crippen molar-refractivity contribution in [3.05, 3.63) is 77.4 Å². The maximum absolute atomic E-state index is 12.5. The zero-order valence-corrected chi connectivity index (χ0v) is 16.0. The number of rotatable bonds is 6. The Hall–Kier alpha value is -3.14. The number of hydrogen-bond donors (Lipinski definition) is 2. The minimum absolute atomic E-state index is 0.144. The van der Waals surface area contributed by atoms with Crippen LogP contribution < -0.4 is 10.7 Å². The zero-order chi connectivity index (χ0) is 19.2. The topological polar surface area (TPSA) is 53.5 Å². The van der Waals surface area contributed by atoms with Gasteiger partial charge in [0.25, 0.3) is 5.91 Å². The third kappa shape index (κ3) is 4.53. The van der Waals surface area contributed by atoms with Crippen LogP contribution in [-0.4, -0.2) is 18.2 Å². The van der Waals surface area contributed by atoms with Crippen LogP contribution in [0.2, 0.25) is 0 Å². The lowest BCUT2D eigenvalue weighted by atomic mass is 10.1. The summed E-state index contributed by atoms with van der Waals surface area (Å²) in [5.41, 5.74) is 6.94. The monoisotopic (exact) mass is 359 g/mol. The first-order valence-electron chi connectivity index (χ1n) is 9.23. The van der Waals surface area contributed by atoms with Gasteiger partial charge >= 0.3 is 0 Å². The molecule has 138 valence electrons. The second kappa shape index (κ2) is 8.49. The first-order chi connectivity index (χ1) is 13.1. The van der Waals surface area contributed by atoms with Gasteiger partial charge in [0.05, 0.1) is 6.21 Å². The molecule has 3 aromatic rings. The van der Waals surface area contributed by atoms with Crippen LogP contribution in [-0.2, 0) is 4.79 Å². The molecule has 0 aliphatic carbocycles. The van der Waals surface area contributed by atoms with Crippen molar-refractivity contribution in [2.45, 2.75) is 33.2 Å². The van der Waals surface area contributed by atoms with Crippen molar-refractivity contribution in [3.63, 3.8) is 0 Å². The highest BCUT2D eigenvalue weighted by Crippen LogP contribution is 2.18. The number of anilines is 1. The molecule has 0 aliphatic rings. The lowest BCUT2D eigenvalue weighted by molar-refractivity contribution is -0.121. The predicted octanol–water partition coefficient (Wildman–Crippen LogP) is 4.80. The number of amides is 1. The molecule has 27 heavy (non-hydrogen) atoms. The third-order valence-electron chi connectivity index (χ3n) is 4.64. The van der Waals surface area contributed by atoms with E-state index in [2.05, 4.69) is 47.0 Å². The fourth-order valence-corrected chi connectivity index (χ4v) is 3.12.